The first-order chi connectivity index (χ1) is 27.1. The number of unbranched alkanes of at least 4 members (excludes halogenated alkanes) is 24. The lowest BCUT2D eigenvalue weighted by Gasteiger charge is -2.18. The fraction of sp³-hybridized carbons (Fsp3) is 0.735. The van der Waals surface area contributed by atoms with Gasteiger partial charge in [-0.05, 0) is 91.7 Å². The molecular weight excluding hydrogens is 716 g/mol. The van der Waals surface area contributed by atoms with E-state index in [-0.39, 0.29) is 5.97 Å². The lowest BCUT2D eigenvalue weighted by atomic mass is 10.0. The van der Waals surface area contributed by atoms with Crippen LogP contribution in [-0.4, -0.2) is 18.3 Å². The summed E-state index contributed by atoms with van der Waals surface area (Å²) >= 11 is 1.83. The standard InChI is InChI=1S/C49H83O4PS/c1-4-7-10-13-17-22-27-32-45-35-39-47(40-36-45)52-54(53-48-41-37-46(38-42-48)33-28-23-18-14-11-8-5-2)55-44-31-26-21-16-19-24-29-34-49(50)51-43-30-25-20-15-12-9-6-3/h35-42H,4-34,43-44H2,1-3H3. The topological polar surface area (TPSA) is 44.8 Å². The van der Waals surface area contributed by atoms with Gasteiger partial charge in [0.05, 0.1) is 6.61 Å². The molecule has 0 aliphatic carbocycles. The number of rotatable bonds is 39. The maximum atomic E-state index is 12.1. The van der Waals surface area contributed by atoms with E-state index in [0.29, 0.717) is 13.0 Å². The van der Waals surface area contributed by atoms with Gasteiger partial charge in [-0.3, -0.25) is 4.79 Å². The summed E-state index contributed by atoms with van der Waals surface area (Å²) in [5.74, 6) is 2.82. The number of hydrogen-bond acceptors (Lipinski definition) is 5. The van der Waals surface area contributed by atoms with Crippen LogP contribution >= 0.6 is 19.0 Å². The van der Waals surface area contributed by atoms with Gasteiger partial charge in [-0.25, -0.2) is 0 Å². The van der Waals surface area contributed by atoms with Crippen molar-refractivity contribution in [2.75, 3.05) is 12.4 Å². The van der Waals surface area contributed by atoms with Gasteiger partial charge in [-0.15, -0.1) is 0 Å². The third-order valence-electron chi connectivity index (χ3n) is 10.6. The van der Waals surface area contributed by atoms with Crippen molar-refractivity contribution >= 4 is 24.9 Å². The molecule has 0 fully saturated rings. The minimum absolute atomic E-state index is 0.0113. The number of aryl methyl sites for hydroxylation is 2. The Morgan fingerprint density at radius 2 is 0.818 bits per heavy atom. The summed E-state index contributed by atoms with van der Waals surface area (Å²) in [7, 11) is -1.15. The molecule has 0 spiro atoms. The Kier molecular flexibility index (Phi) is 32.9. The summed E-state index contributed by atoms with van der Waals surface area (Å²) in [6, 6.07) is 17.5. The van der Waals surface area contributed by atoms with Crippen LogP contribution < -0.4 is 9.05 Å². The molecule has 0 heterocycles. The molecule has 2 aromatic rings. The number of benzene rings is 2. The lowest BCUT2D eigenvalue weighted by Crippen LogP contribution is -2.05. The fourth-order valence-corrected chi connectivity index (χ4v) is 9.84. The molecule has 2 rings (SSSR count). The summed E-state index contributed by atoms with van der Waals surface area (Å²) in [5.41, 5.74) is 2.79. The van der Waals surface area contributed by atoms with Crippen molar-refractivity contribution in [3.63, 3.8) is 0 Å². The van der Waals surface area contributed by atoms with Gasteiger partial charge in [0.15, 0.2) is 0 Å². The first-order valence-electron chi connectivity index (χ1n) is 23.3. The second-order valence-corrected chi connectivity index (χ2v) is 19.0. The normalized spacial score (nSPS) is 11.3. The maximum absolute atomic E-state index is 12.1. The summed E-state index contributed by atoms with van der Waals surface area (Å²) in [6.45, 7) is 7.41. The van der Waals surface area contributed by atoms with E-state index >= 15 is 0 Å². The molecule has 0 saturated heterocycles. The Bertz CT molecular complexity index is 1060. The summed E-state index contributed by atoms with van der Waals surface area (Å²) < 4.78 is 18.5. The summed E-state index contributed by atoms with van der Waals surface area (Å²) in [4.78, 5) is 12.1. The zero-order valence-electron chi connectivity index (χ0n) is 35.9. The molecular formula is C49H83O4PS. The van der Waals surface area contributed by atoms with Gasteiger partial charge in [0.25, 0.3) is 0 Å². The maximum Gasteiger partial charge on any atom is 0.360 e. The average Bonchev–Trinajstić information content (AvgIpc) is 3.20. The van der Waals surface area contributed by atoms with E-state index in [1.54, 1.807) is 0 Å². The molecule has 0 amide bonds. The predicted octanol–water partition coefficient (Wildman–Crippen LogP) is 17.1. The van der Waals surface area contributed by atoms with E-state index in [1.807, 2.05) is 11.4 Å². The molecule has 0 atom stereocenters. The highest BCUT2D eigenvalue weighted by molar-refractivity contribution is 8.53. The molecule has 2 aromatic carbocycles. The van der Waals surface area contributed by atoms with Crippen LogP contribution in [0.4, 0.5) is 0 Å². The second kappa shape index (κ2) is 36.6. The molecule has 0 radical (unpaired) electrons. The van der Waals surface area contributed by atoms with E-state index < -0.39 is 7.58 Å². The molecule has 0 saturated carbocycles. The van der Waals surface area contributed by atoms with Crippen molar-refractivity contribution in [2.24, 2.45) is 0 Å². The molecule has 0 bridgehead atoms. The minimum atomic E-state index is -1.15. The van der Waals surface area contributed by atoms with Gasteiger partial charge in [0.1, 0.15) is 11.5 Å². The summed E-state index contributed by atoms with van der Waals surface area (Å²) in [5, 5.41) is 0. The Balaban J connectivity index is 1.69. The quantitative estimate of drug-likeness (QED) is 0.0383. The van der Waals surface area contributed by atoms with Crippen LogP contribution in [0.1, 0.15) is 218 Å². The largest absolute Gasteiger partial charge is 0.466 e. The first-order valence-corrected chi connectivity index (χ1v) is 26.0. The van der Waals surface area contributed by atoms with E-state index in [1.165, 1.54) is 165 Å². The molecule has 0 N–H and O–H groups in total. The Labute approximate surface area is 345 Å². The highest BCUT2D eigenvalue weighted by atomic mass is 32.7. The Morgan fingerprint density at radius 3 is 1.25 bits per heavy atom. The Morgan fingerprint density at radius 1 is 0.455 bits per heavy atom. The van der Waals surface area contributed by atoms with Crippen molar-refractivity contribution in [3.05, 3.63) is 59.7 Å². The van der Waals surface area contributed by atoms with Crippen molar-refractivity contribution in [3.8, 4) is 11.5 Å². The van der Waals surface area contributed by atoms with Gasteiger partial charge in [0, 0.05) is 12.2 Å². The number of carbonyl (C=O) groups is 1. The summed E-state index contributed by atoms with van der Waals surface area (Å²) in [6.07, 6.45) is 38.5. The minimum Gasteiger partial charge on any atom is -0.466 e. The van der Waals surface area contributed by atoms with Crippen LogP contribution in [-0.2, 0) is 22.4 Å². The number of hydrogen-bond donors (Lipinski definition) is 0. The van der Waals surface area contributed by atoms with Crippen molar-refractivity contribution < 1.29 is 18.6 Å². The van der Waals surface area contributed by atoms with E-state index in [9.17, 15) is 4.79 Å². The third kappa shape index (κ3) is 29.2. The third-order valence-corrected chi connectivity index (χ3v) is 13.6. The van der Waals surface area contributed by atoms with E-state index in [2.05, 4.69) is 69.3 Å². The number of carbonyl (C=O) groups excluding carboxylic acids is 1. The van der Waals surface area contributed by atoms with Crippen LogP contribution in [0, 0.1) is 0 Å². The van der Waals surface area contributed by atoms with Crippen molar-refractivity contribution in [1.29, 1.82) is 0 Å². The predicted molar refractivity (Wildman–Crippen MR) is 243 cm³/mol. The smallest absolute Gasteiger partial charge is 0.360 e. The first kappa shape index (κ1) is 49.4. The Hall–Kier alpha value is -1.71. The lowest BCUT2D eigenvalue weighted by molar-refractivity contribution is -0.143. The average molecular weight is 799 g/mol. The van der Waals surface area contributed by atoms with E-state index in [4.69, 9.17) is 13.8 Å². The van der Waals surface area contributed by atoms with Crippen molar-refractivity contribution in [1.82, 2.24) is 0 Å². The van der Waals surface area contributed by atoms with Crippen LogP contribution in [0.15, 0.2) is 48.5 Å². The van der Waals surface area contributed by atoms with Crippen LogP contribution in [0.3, 0.4) is 0 Å². The molecule has 4 nitrogen and oxygen atoms in total. The zero-order chi connectivity index (χ0) is 39.3. The van der Waals surface area contributed by atoms with Crippen LogP contribution in [0.2, 0.25) is 0 Å². The van der Waals surface area contributed by atoms with Gasteiger partial charge < -0.3 is 13.8 Å². The van der Waals surface area contributed by atoms with Crippen LogP contribution in [0.25, 0.3) is 0 Å². The molecule has 0 aliphatic heterocycles. The molecule has 0 aromatic heterocycles. The number of esters is 1. The molecule has 0 unspecified atom stereocenters. The number of ether oxygens (including phenoxy) is 1. The molecule has 6 heteroatoms. The highest BCUT2D eigenvalue weighted by Gasteiger charge is 2.16. The van der Waals surface area contributed by atoms with Gasteiger partial charge in [-0.1, -0.05) is 193 Å². The molecule has 314 valence electrons. The van der Waals surface area contributed by atoms with Gasteiger partial charge >= 0.3 is 13.5 Å². The monoisotopic (exact) mass is 799 g/mol. The van der Waals surface area contributed by atoms with Gasteiger partial charge in [-0.2, -0.15) is 0 Å². The SMILES string of the molecule is CCCCCCCCCOC(=O)CCCCCCCCCSP(Oc1ccc(CCCCCCCCC)cc1)Oc1ccc(CCCCCCCCC)cc1. The van der Waals surface area contributed by atoms with Crippen LogP contribution in [0.5, 0.6) is 11.5 Å². The van der Waals surface area contributed by atoms with Crippen molar-refractivity contribution in [2.45, 2.75) is 220 Å². The highest BCUT2D eigenvalue weighted by Crippen LogP contribution is 2.52. The fourth-order valence-electron chi connectivity index (χ4n) is 6.96. The molecule has 0 aliphatic rings. The van der Waals surface area contributed by atoms with Gasteiger partial charge in [0.2, 0.25) is 0 Å². The second-order valence-electron chi connectivity index (χ2n) is 15.8. The van der Waals surface area contributed by atoms with E-state index in [0.717, 1.165) is 55.8 Å². The zero-order valence-corrected chi connectivity index (χ0v) is 37.7. The molecule has 55 heavy (non-hydrogen) atoms.